The maximum atomic E-state index is 13.5. The molecule has 1 saturated heterocycles. The fourth-order valence-corrected chi connectivity index (χ4v) is 4.53. The molecule has 0 saturated carbocycles. The van der Waals surface area contributed by atoms with Gasteiger partial charge in [0.25, 0.3) is 0 Å². The molecule has 1 atom stereocenters. The number of amides is 3. The molecule has 0 bridgehead atoms. The molecule has 174 valence electrons. The molecule has 1 aromatic heterocycles. The number of benzene rings is 2. The summed E-state index contributed by atoms with van der Waals surface area (Å²) < 4.78 is 15.6. The van der Waals surface area contributed by atoms with Crippen molar-refractivity contribution in [3.8, 4) is 5.69 Å². The Morgan fingerprint density at radius 2 is 1.88 bits per heavy atom. The Labute approximate surface area is 194 Å². The van der Waals surface area contributed by atoms with Crippen molar-refractivity contribution in [1.29, 1.82) is 0 Å². The van der Waals surface area contributed by atoms with E-state index in [1.807, 2.05) is 19.2 Å². The van der Waals surface area contributed by atoms with Gasteiger partial charge in [-0.25, -0.2) is 9.18 Å². The molecule has 1 aliphatic heterocycles. The molecule has 6 nitrogen and oxygen atoms in total. The van der Waals surface area contributed by atoms with Gasteiger partial charge in [-0.1, -0.05) is 18.6 Å². The minimum Gasteiger partial charge on any atom is -0.329 e. The third-order valence-corrected chi connectivity index (χ3v) is 6.53. The maximum Gasteiger partial charge on any atom is 0.324 e. The van der Waals surface area contributed by atoms with Gasteiger partial charge in [-0.3, -0.25) is 9.69 Å². The van der Waals surface area contributed by atoms with Crippen LogP contribution in [0.4, 0.5) is 9.18 Å². The molecular weight excluding hydrogens is 419 g/mol. The summed E-state index contributed by atoms with van der Waals surface area (Å²) in [4.78, 5) is 27.0. The smallest absolute Gasteiger partial charge is 0.324 e. The summed E-state index contributed by atoms with van der Waals surface area (Å²) in [6, 6.07) is 12.8. The van der Waals surface area contributed by atoms with Crippen LogP contribution in [0, 0.1) is 12.7 Å². The van der Waals surface area contributed by atoms with Gasteiger partial charge in [-0.05, 0) is 81.2 Å². The number of halogens is 1. The lowest BCUT2D eigenvalue weighted by molar-refractivity contribution is -0.125. The number of hydrogen-bond acceptors (Lipinski definition) is 3. The first-order valence-corrected chi connectivity index (χ1v) is 11.5. The number of likely N-dealkylation sites (N-methyl/N-ethyl adjacent to an activating group) is 1. The third-order valence-electron chi connectivity index (χ3n) is 6.53. The lowest BCUT2D eigenvalue weighted by Crippen LogP contribution is -2.38. The zero-order valence-electron chi connectivity index (χ0n) is 19.5. The fourth-order valence-electron chi connectivity index (χ4n) is 4.53. The van der Waals surface area contributed by atoms with Crippen molar-refractivity contribution in [2.45, 2.75) is 32.6 Å². The lowest BCUT2D eigenvalue weighted by atomic mass is 9.92. The number of nitrogens with one attached hydrogen (secondary N) is 1. The van der Waals surface area contributed by atoms with Gasteiger partial charge in [-0.15, -0.1) is 0 Å². The predicted octanol–water partition coefficient (Wildman–Crippen LogP) is 4.45. The lowest BCUT2D eigenvalue weighted by Gasteiger charge is -2.22. The molecule has 33 heavy (non-hydrogen) atoms. The molecule has 3 amide bonds. The van der Waals surface area contributed by atoms with Gasteiger partial charge >= 0.3 is 6.03 Å². The van der Waals surface area contributed by atoms with E-state index in [2.05, 4.69) is 53.0 Å². The third kappa shape index (κ3) is 4.93. The molecule has 7 heteroatoms. The van der Waals surface area contributed by atoms with Gasteiger partial charge in [0.05, 0.1) is 12.1 Å². The molecule has 0 spiro atoms. The van der Waals surface area contributed by atoms with Crippen molar-refractivity contribution < 1.29 is 14.0 Å². The van der Waals surface area contributed by atoms with Crippen molar-refractivity contribution in [2.75, 3.05) is 33.2 Å². The van der Waals surface area contributed by atoms with Crippen molar-refractivity contribution in [3.05, 3.63) is 65.6 Å². The summed E-state index contributed by atoms with van der Waals surface area (Å²) in [6.07, 6.45) is 4.15. The number of fused-ring (bicyclic) bond motifs is 1. The predicted molar refractivity (Wildman–Crippen MR) is 128 cm³/mol. The van der Waals surface area contributed by atoms with E-state index in [9.17, 15) is 14.0 Å². The van der Waals surface area contributed by atoms with Crippen LogP contribution in [-0.2, 0) is 4.79 Å². The van der Waals surface area contributed by atoms with E-state index in [1.165, 1.54) is 33.5 Å². The van der Waals surface area contributed by atoms with Crippen LogP contribution in [0.1, 0.15) is 36.8 Å². The molecule has 1 N–H and O–H groups in total. The molecule has 2 heterocycles. The topological polar surface area (TPSA) is 57.6 Å². The number of carbonyl (C=O) groups is 2. The Kier molecular flexibility index (Phi) is 6.79. The first-order chi connectivity index (χ1) is 15.9. The Morgan fingerprint density at radius 1 is 1.12 bits per heavy atom. The normalized spacial score (nSPS) is 15.0. The highest BCUT2D eigenvalue weighted by Gasteiger charge is 2.28. The monoisotopic (exact) mass is 450 g/mol. The van der Waals surface area contributed by atoms with Gasteiger partial charge in [-0.2, -0.15) is 0 Å². The SMILES string of the molecule is CCC(CCN(C)CCN1C(=O)CNC1=O)c1cn(-c2ccc(F)cc2)c2ccc(C)cc12. The number of hydrogen-bond donors (Lipinski definition) is 1. The van der Waals surface area contributed by atoms with Crippen LogP contribution >= 0.6 is 0 Å². The second-order valence-electron chi connectivity index (χ2n) is 8.85. The number of rotatable bonds is 9. The number of urea groups is 1. The summed E-state index contributed by atoms with van der Waals surface area (Å²) in [5.74, 6) is -0.0483. The van der Waals surface area contributed by atoms with Crippen molar-refractivity contribution in [3.63, 3.8) is 0 Å². The second kappa shape index (κ2) is 9.75. The first kappa shape index (κ1) is 23.0. The quantitative estimate of drug-likeness (QED) is 0.490. The number of aryl methyl sites for hydroxylation is 1. The number of aromatic nitrogens is 1. The van der Waals surface area contributed by atoms with Crippen molar-refractivity contribution >= 4 is 22.8 Å². The summed E-state index contributed by atoms with van der Waals surface area (Å²) in [5.41, 5.74) is 4.56. The first-order valence-electron chi connectivity index (χ1n) is 11.5. The highest BCUT2D eigenvalue weighted by atomic mass is 19.1. The van der Waals surface area contributed by atoms with E-state index in [0.29, 0.717) is 19.0 Å². The summed E-state index contributed by atoms with van der Waals surface area (Å²) in [6.45, 7) is 6.31. The van der Waals surface area contributed by atoms with Gasteiger partial charge in [0.15, 0.2) is 0 Å². The van der Waals surface area contributed by atoms with Crippen LogP contribution in [0.2, 0.25) is 0 Å². The van der Waals surface area contributed by atoms with Crippen LogP contribution in [0.3, 0.4) is 0 Å². The Morgan fingerprint density at radius 3 is 2.55 bits per heavy atom. The van der Waals surface area contributed by atoms with E-state index in [1.54, 1.807) is 0 Å². The van der Waals surface area contributed by atoms with Gasteiger partial charge in [0, 0.05) is 30.4 Å². The van der Waals surface area contributed by atoms with E-state index in [4.69, 9.17) is 0 Å². The van der Waals surface area contributed by atoms with E-state index < -0.39 is 0 Å². The molecular formula is C26H31FN4O2. The highest BCUT2D eigenvalue weighted by molar-refractivity contribution is 6.01. The molecule has 1 unspecified atom stereocenters. The summed E-state index contributed by atoms with van der Waals surface area (Å²) in [7, 11) is 2.02. The highest BCUT2D eigenvalue weighted by Crippen LogP contribution is 2.34. The van der Waals surface area contributed by atoms with E-state index in [-0.39, 0.29) is 24.3 Å². The maximum absolute atomic E-state index is 13.5. The van der Waals surface area contributed by atoms with Crippen LogP contribution in [0.5, 0.6) is 0 Å². The molecule has 2 aromatic carbocycles. The van der Waals surface area contributed by atoms with Gasteiger partial charge < -0.3 is 14.8 Å². The Hall–Kier alpha value is -3.19. The van der Waals surface area contributed by atoms with Gasteiger partial charge in [0.2, 0.25) is 5.91 Å². The molecule has 0 aliphatic carbocycles. The zero-order chi connectivity index (χ0) is 23.5. The summed E-state index contributed by atoms with van der Waals surface area (Å²) in [5, 5.41) is 3.79. The van der Waals surface area contributed by atoms with Crippen molar-refractivity contribution in [2.24, 2.45) is 0 Å². The number of nitrogens with zero attached hydrogens (tertiary/aromatic N) is 3. The minimum absolute atomic E-state index is 0.0952. The van der Waals surface area contributed by atoms with Crippen LogP contribution in [0.25, 0.3) is 16.6 Å². The standard InChI is InChI=1S/C26H31FN4O2/c1-4-19(11-12-29(3)13-14-30-25(32)16-28-26(30)33)23-17-31(21-8-6-20(27)7-9-21)24-10-5-18(2)15-22(23)24/h5-10,15,17,19H,4,11-14,16H2,1-3H3,(H,28,33). The molecule has 1 aliphatic rings. The molecule has 1 fully saturated rings. The number of imide groups is 1. The van der Waals surface area contributed by atoms with Gasteiger partial charge in [0.1, 0.15) is 5.82 Å². The average Bonchev–Trinajstić information content (AvgIpc) is 3.33. The Balaban J connectivity index is 1.51. The number of carbonyl (C=O) groups excluding carboxylic acids is 2. The van der Waals surface area contributed by atoms with Crippen LogP contribution in [0.15, 0.2) is 48.7 Å². The molecule has 0 radical (unpaired) electrons. The fraction of sp³-hybridized carbons (Fsp3) is 0.385. The Bertz CT molecular complexity index is 1140. The zero-order valence-corrected chi connectivity index (χ0v) is 19.5. The van der Waals surface area contributed by atoms with Crippen LogP contribution in [-0.4, -0.2) is 59.5 Å². The molecule has 4 rings (SSSR count). The summed E-state index contributed by atoms with van der Waals surface area (Å²) >= 11 is 0. The minimum atomic E-state index is -0.302. The van der Waals surface area contributed by atoms with Crippen LogP contribution < -0.4 is 5.32 Å². The average molecular weight is 451 g/mol. The molecule has 3 aromatic rings. The largest absolute Gasteiger partial charge is 0.329 e. The van der Waals surface area contributed by atoms with E-state index in [0.717, 1.165) is 30.6 Å². The van der Waals surface area contributed by atoms with E-state index >= 15 is 0 Å². The second-order valence-corrected chi connectivity index (χ2v) is 8.85. The van der Waals surface area contributed by atoms with Crippen molar-refractivity contribution in [1.82, 2.24) is 19.7 Å².